The smallest absolute Gasteiger partial charge is 0.383 e. The van der Waals surface area contributed by atoms with Crippen LogP contribution in [0.5, 0.6) is 0 Å². The van der Waals surface area contributed by atoms with Crippen LogP contribution in [0.2, 0.25) is 0 Å². The Kier molecular flexibility index (Phi) is 5.62. The number of methoxy groups -OCH3 is 1. The molecule has 0 radical (unpaired) electrons. The van der Waals surface area contributed by atoms with Crippen LogP contribution in [-0.4, -0.2) is 25.7 Å². The van der Waals surface area contributed by atoms with Crippen LogP contribution < -0.4 is 5.32 Å². The average Bonchev–Trinajstić information content (AvgIpc) is 2.54. The lowest BCUT2D eigenvalue weighted by Crippen LogP contribution is -2.35. The average molecular weight is 337 g/mol. The molecule has 2 aromatic carbocycles. The van der Waals surface area contributed by atoms with E-state index in [-0.39, 0.29) is 11.9 Å². The third kappa shape index (κ3) is 4.35. The van der Waals surface area contributed by atoms with E-state index in [9.17, 15) is 18.0 Å². The Labute approximate surface area is 138 Å². The minimum absolute atomic E-state index is 0.178. The summed E-state index contributed by atoms with van der Waals surface area (Å²) in [5.41, 5.74) is 0.809. The Hall–Kier alpha value is -2.34. The normalized spacial score (nSPS) is 12.7. The number of ether oxygens (including phenoxy) is 1. The molecule has 0 saturated heterocycles. The maximum absolute atomic E-state index is 12.7. The van der Waals surface area contributed by atoms with Gasteiger partial charge in [-0.1, -0.05) is 30.3 Å². The van der Waals surface area contributed by atoms with E-state index >= 15 is 0 Å². The highest BCUT2D eigenvalue weighted by Crippen LogP contribution is 2.31. The molecular weight excluding hydrogens is 319 g/mol. The third-order valence-corrected chi connectivity index (χ3v) is 3.49. The van der Waals surface area contributed by atoms with Crippen molar-refractivity contribution < 1.29 is 22.7 Å². The lowest BCUT2D eigenvalue weighted by Gasteiger charge is -2.15. The van der Waals surface area contributed by atoms with Crippen LogP contribution in [0.25, 0.3) is 11.1 Å². The summed E-state index contributed by atoms with van der Waals surface area (Å²) in [4.78, 5) is 12.4. The van der Waals surface area contributed by atoms with E-state index in [2.05, 4.69) is 5.32 Å². The summed E-state index contributed by atoms with van der Waals surface area (Å²) in [5.74, 6) is -0.296. The standard InChI is InChI=1S/C18H18F3NO2/c1-12(11-24-2)22-17(23)16-6-4-3-5-15(16)13-7-9-14(10-8-13)18(19,20)21/h3-10,12H,11H2,1-2H3,(H,22,23). The molecule has 128 valence electrons. The Morgan fingerprint density at radius 1 is 1.12 bits per heavy atom. The number of carbonyl (C=O) groups excluding carboxylic acids is 1. The van der Waals surface area contributed by atoms with Gasteiger partial charge in [0.25, 0.3) is 5.91 Å². The van der Waals surface area contributed by atoms with Crippen LogP contribution in [0.1, 0.15) is 22.8 Å². The number of carbonyl (C=O) groups is 1. The van der Waals surface area contributed by atoms with Crippen LogP contribution in [0.4, 0.5) is 13.2 Å². The number of hydrogen-bond acceptors (Lipinski definition) is 2. The zero-order chi connectivity index (χ0) is 17.7. The SMILES string of the molecule is COCC(C)NC(=O)c1ccccc1-c1ccc(C(F)(F)F)cc1. The second-order valence-electron chi connectivity index (χ2n) is 5.45. The Morgan fingerprint density at radius 2 is 1.75 bits per heavy atom. The van der Waals surface area contributed by atoms with E-state index in [1.807, 2.05) is 6.92 Å². The second-order valence-corrected chi connectivity index (χ2v) is 5.45. The van der Waals surface area contributed by atoms with Gasteiger partial charge in [0, 0.05) is 18.7 Å². The molecule has 0 aromatic heterocycles. The summed E-state index contributed by atoms with van der Waals surface area (Å²) in [5, 5.41) is 2.80. The first-order valence-corrected chi connectivity index (χ1v) is 7.39. The molecule has 1 amide bonds. The zero-order valence-electron chi connectivity index (χ0n) is 13.4. The number of hydrogen-bond donors (Lipinski definition) is 1. The lowest BCUT2D eigenvalue weighted by molar-refractivity contribution is -0.137. The summed E-state index contributed by atoms with van der Waals surface area (Å²) in [6.07, 6.45) is -4.38. The van der Waals surface area contributed by atoms with Gasteiger partial charge in [0.05, 0.1) is 12.2 Å². The number of rotatable bonds is 5. The van der Waals surface area contributed by atoms with Crippen LogP contribution in [0.15, 0.2) is 48.5 Å². The molecular formula is C18H18F3NO2. The van der Waals surface area contributed by atoms with Gasteiger partial charge in [0.15, 0.2) is 0 Å². The fourth-order valence-electron chi connectivity index (χ4n) is 2.36. The molecule has 0 saturated carbocycles. The van der Waals surface area contributed by atoms with Crippen molar-refractivity contribution in [1.29, 1.82) is 0 Å². The van der Waals surface area contributed by atoms with E-state index in [4.69, 9.17) is 4.74 Å². The van der Waals surface area contributed by atoms with Gasteiger partial charge in [-0.15, -0.1) is 0 Å². The molecule has 0 aliphatic carbocycles. The largest absolute Gasteiger partial charge is 0.416 e. The van der Waals surface area contributed by atoms with Crippen molar-refractivity contribution >= 4 is 5.91 Å². The second kappa shape index (κ2) is 7.49. The molecule has 24 heavy (non-hydrogen) atoms. The third-order valence-electron chi connectivity index (χ3n) is 3.49. The van der Waals surface area contributed by atoms with Gasteiger partial charge in [-0.3, -0.25) is 4.79 Å². The number of alkyl halides is 3. The first-order valence-electron chi connectivity index (χ1n) is 7.39. The molecule has 0 aliphatic heterocycles. The van der Waals surface area contributed by atoms with Gasteiger partial charge in [-0.25, -0.2) is 0 Å². The first-order chi connectivity index (χ1) is 11.3. The van der Waals surface area contributed by atoms with Crippen LogP contribution in [0, 0.1) is 0 Å². The summed E-state index contributed by atoms with van der Waals surface area (Å²) < 4.78 is 43.0. The van der Waals surface area contributed by atoms with Gasteiger partial charge < -0.3 is 10.1 Å². The fourth-order valence-corrected chi connectivity index (χ4v) is 2.36. The number of halogens is 3. The predicted molar refractivity (Wildman–Crippen MR) is 85.7 cm³/mol. The molecule has 3 nitrogen and oxygen atoms in total. The van der Waals surface area contributed by atoms with E-state index < -0.39 is 11.7 Å². The van der Waals surface area contributed by atoms with Crippen molar-refractivity contribution in [3.05, 3.63) is 59.7 Å². The maximum Gasteiger partial charge on any atom is 0.416 e. The summed E-state index contributed by atoms with van der Waals surface area (Å²) in [6, 6.07) is 11.4. The van der Waals surface area contributed by atoms with Crippen molar-refractivity contribution in [3.63, 3.8) is 0 Å². The number of benzene rings is 2. The van der Waals surface area contributed by atoms with Crippen LogP contribution >= 0.6 is 0 Å². The van der Waals surface area contributed by atoms with Crippen molar-refractivity contribution in [2.75, 3.05) is 13.7 Å². The minimum atomic E-state index is -4.38. The van der Waals surface area contributed by atoms with Crippen molar-refractivity contribution in [1.82, 2.24) is 5.32 Å². The Morgan fingerprint density at radius 3 is 2.33 bits per heavy atom. The van der Waals surface area contributed by atoms with E-state index in [1.54, 1.807) is 31.4 Å². The summed E-state index contributed by atoms with van der Waals surface area (Å²) in [6.45, 7) is 2.18. The highest BCUT2D eigenvalue weighted by Gasteiger charge is 2.30. The van der Waals surface area contributed by atoms with E-state index in [1.165, 1.54) is 12.1 Å². The minimum Gasteiger partial charge on any atom is -0.383 e. The molecule has 1 unspecified atom stereocenters. The topological polar surface area (TPSA) is 38.3 Å². The monoisotopic (exact) mass is 337 g/mol. The van der Waals surface area contributed by atoms with Gasteiger partial charge in [0.2, 0.25) is 0 Å². The van der Waals surface area contributed by atoms with E-state index in [0.29, 0.717) is 23.3 Å². The molecule has 2 rings (SSSR count). The predicted octanol–water partition coefficient (Wildman–Crippen LogP) is 4.14. The number of nitrogens with one attached hydrogen (secondary N) is 1. The van der Waals surface area contributed by atoms with Gasteiger partial charge >= 0.3 is 6.18 Å². The van der Waals surface area contributed by atoms with Crippen molar-refractivity contribution in [2.24, 2.45) is 0 Å². The molecule has 0 heterocycles. The van der Waals surface area contributed by atoms with Gasteiger partial charge in [-0.2, -0.15) is 13.2 Å². The zero-order valence-corrected chi connectivity index (χ0v) is 13.4. The fraction of sp³-hybridized carbons (Fsp3) is 0.278. The molecule has 0 bridgehead atoms. The molecule has 0 fully saturated rings. The Balaban J connectivity index is 2.30. The van der Waals surface area contributed by atoms with Crippen LogP contribution in [-0.2, 0) is 10.9 Å². The van der Waals surface area contributed by atoms with Gasteiger partial charge in [0.1, 0.15) is 0 Å². The summed E-state index contributed by atoms with van der Waals surface area (Å²) >= 11 is 0. The molecule has 1 atom stereocenters. The molecule has 0 spiro atoms. The van der Waals surface area contributed by atoms with Crippen LogP contribution in [0.3, 0.4) is 0 Å². The lowest BCUT2D eigenvalue weighted by atomic mass is 9.98. The quantitative estimate of drug-likeness (QED) is 0.891. The van der Waals surface area contributed by atoms with Gasteiger partial charge in [-0.05, 0) is 36.2 Å². The first kappa shape index (κ1) is 18.0. The molecule has 2 aromatic rings. The maximum atomic E-state index is 12.7. The highest BCUT2D eigenvalue weighted by atomic mass is 19.4. The van der Waals surface area contributed by atoms with E-state index in [0.717, 1.165) is 12.1 Å². The molecule has 0 aliphatic rings. The molecule has 6 heteroatoms. The molecule has 1 N–H and O–H groups in total. The van der Waals surface area contributed by atoms with Crippen molar-refractivity contribution in [3.8, 4) is 11.1 Å². The van der Waals surface area contributed by atoms with Crippen molar-refractivity contribution in [2.45, 2.75) is 19.1 Å². The highest BCUT2D eigenvalue weighted by molar-refractivity contribution is 6.01. The summed E-state index contributed by atoms with van der Waals surface area (Å²) in [7, 11) is 1.54. The Bertz CT molecular complexity index is 696. The number of amides is 1.